The van der Waals surface area contributed by atoms with E-state index >= 15 is 0 Å². The summed E-state index contributed by atoms with van der Waals surface area (Å²) in [5.74, 6) is -1.23. The van der Waals surface area contributed by atoms with E-state index in [1.54, 1.807) is 50.3 Å². The number of aryl methyl sites for hydroxylation is 1. The minimum atomic E-state index is -0.638. The number of nitrogens with one attached hydrogen (secondary N) is 2. The lowest BCUT2D eigenvalue weighted by atomic mass is 10.0. The van der Waals surface area contributed by atoms with E-state index in [-0.39, 0.29) is 17.2 Å². The third-order valence-corrected chi connectivity index (χ3v) is 5.99. The summed E-state index contributed by atoms with van der Waals surface area (Å²) in [6.07, 6.45) is 2.87. The second kappa shape index (κ2) is 12.4. The Kier molecular flexibility index (Phi) is 9.05. The summed E-state index contributed by atoms with van der Waals surface area (Å²) in [4.78, 5) is 28.0. The Morgan fingerprint density at radius 2 is 1.62 bits per heavy atom. The maximum atomic E-state index is 13.0. The zero-order valence-corrected chi connectivity index (χ0v) is 21.4. The van der Waals surface area contributed by atoms with Gasteiger partial charge in [0.2, 0.25) is 0 Å². The van der Waals surface area contributed by atoms with Crippen LogP contribution in [0.2, 0.25) is 0 Å². The standard InChI is InChI=1S/C29H32N4O4/c1-5-33(6-2)23-14-12-21(13-15-23)17-25(31-28(36)22-10-8-7-9-11-22)29(37)32-30-18-24-19(3)16-26(34)20(4)27(24)35/h7-18,34-35H,5-6H2,1-4H3,(H,31,36)(H,32,37)/b25-17+,30-18+. The minimum absolute atomic E-state index is 0.00410. The van der Waals surface area contributed by atoms with Crippen LogP contribution in [-0.2, 0) is 4.79 Å². The van der Waals surface area contributed by atoms with Crippen molar-refractivity contribution in [1.29, 1.82) is 0 Å². The molecule has 192 valence electrons. The van der Waals surface area contributed by atoms with E-state index < -0.39 is 11.8 Å². The lowest BCUT2D eigenvalue weighted by molar-refractivity contribution is -0.117. The Labute approximate surface area is 217 Å². The highest BCUT2D eigenvalue weighted by Gasteiger charge is 2.15. The van der Waals surface area contributed by atoms with Gasteiger partial charge in [0.25, 0.3) is 11.8 Å². The van der Waals surface area contributed by atoms with Crippen LogP contribution in [0.4, 0.5) is 5.69 Å². The molecule has 4 N–H and O–H groups in total. The molecule has 0 heterocycles. The summed E-state index contributed by atoms with van der Waals surface area (Å²) >= 11 is 0. The van der Waals surface area contributed by atoms with Crippen LogP contribution >= 0.6 is 0 Å². The smallest absolute Gasteiger partial charge is 0.287 e. The van der Waals surface area contributed by atoms with Crippen molar-refractivity contribution in [3.05, 3.63) is 94.2 Å². The number of hydrogen-bond acceptors (Lipinski definition) is 6. The molecule has 3 rings (SSSR count). The second-order valence-electron chi connectivity index (χ2n) is 8.44. The van der Waals surface area contributed by atoms with Gasteiger partial charge < -0.3 is 20.4 Å². The van der Waals surface area contributed by atoms with Crippen LogP contribution < -0.4 is 15.6 Å². The molecule has 0 spiro atoms. The summed E-state index contributed by atoms with van der Waals surface area (Å²) in [5.41, 5.74) is 5.86. The topological polar surface area (TPSA) is 114 Å². The molecule has 3 aromatic carbocycles. The number of anilines is 1. The number of nitrogens with zero attached hydrogens (tertiary/aromatic N) is 2. The molecule has 0 saturated heterocycles. The monoisotopic (exact) mass is 500 g/mol. The van der Waals surface area contributed by atoms with Gasteiger partial charge in [-0.2, -0.15) is 5.10 Å². The largest absolute Gasteiger partial charge is 0.508 e. The first-order chi connectivity index (χ1) is 17.7. The molecule has 2 amide bonds. The highest BCUT2D eigenvalue weighted by Crippen LogP contribution is 2.31. The molecule has 0 aliphatic carbocycles. The summed E-state index contributed by atoms with van der Waals surface area (Å²) in [7, 11) is 0. The summed E-state index contributed by atoms with van der Waals surface area (Å²) in [6, 6.07) is 17.8. The zero-order valence-electron chi connectivity index (χ0n) is 21.4. The van der Waals surface area contributed by atoms with E-state index in [0.717, 1.165) is 24.3 Å². The van der Waals surface area contributed by atoms with Gasteiger partial charge in [-0.3, -0.25) is 9.59 Å². The van der Waals surface area contributed by atoms with E-state index in [0.29, 0.717) is 22.3 Å². The SMILES string of the molecule is CCN(CC)c1ccc(/C=C(/NC(=O)c2ccccc2)C(=O)N/N=C/c2c(C)cc(O)c(C)c2O)cc1. The predicted octanol–water partition coefficient (Wildman–Crippen LogP) is 4.48. The Morgan fingerprint density at radius 3 is 2.24 bits per heavy atom. The third kappa shape index (κ3) is 6.76. The van der Waals surface area contributed by atoms with Crippen LogP contribution in [0.3, 0.4) is 0 Å². The van der Waals surface area contributed by atoms with Crippen LogP contribution in [-0.4, -0.2) is 41.3 Å². The summed E-state index contributed by atoms with van der Waals surface area (Å²) in [5, 5.41) is 26.8. The van der Waals surface area contributed by atoms with E-state index in [1.165, 1.54) is 12.3 Å². The van der Waals surface area contributed by atoms with Crippen LogP contribution in [0.1, 0.15) is 46.5 Å². The molecule has 37 heavy (non-hydrogen) atoms. The Morgan fingerprint density at radius 1 is 0.973 bits per heavy atom. The van der Waals surface area contributed by atoms with Gasteiger partial charge >= 0.3 is 0 Å². The normalized spacial score (nSPS) is 11.4. The molecule has 0 bridgehead atoms. The lowest BCUT2D eigenvalue weighted by Crippen LogP contribution is -2.32. The number of phenols is 2. The van der Waals surface area contributed by atoms with E-state index in [4.69, 9.17) is 0 Å². The van der Waals surface area contributed by atoms with Gasteiger partial charge in [0.05, 0.1) is 6.21 Å². The van der Waals surface area contributed by atoms with Crippen LogP contribution in [0.25, 0.3) is 6.08 Å². The van der Waals surface area contributed by atoms with E-state index in [2.05, 4.69) is 34.6 Å². The first-order valence-electron chi connectivity index (χ1n) is 12.0. The number of hydrazone groups is 1. The highest BCUT2D eigenvalue weighted by molar-refractivity contribution is 6.05. The van der Waals surface area contributed by atoms with Crippen LogP contribution in [0, 0.1) is 13.8 Å². The number of rotatable bonds is 9. The lowest BCUT2D eigenvalue weighted by Gasteiger charge is -2.21. The molecular formula is C29H32N4O4. The molecule has 0 atom stereocenters. The number of benzene rings is 3. The average molecular weight is 501 g/mol. The third-order valence-electron chi connectivity index (χ3n) is 5.99. The number of carbonyl (C=O) groups is 2. The number of carbonyl (C=O) groups excluding carboxylic acids is 2. The van der Waals surface area contributed by atoms with Crippen molar-refractivity contribution in [3.63, 3.8) is 0 Å². The molecule has 0 saturated carbocycles. The predicted molar refractivity (Wildman–Crippen MR) is 147 cm³/mol. The van der Waals surface area contributed by atoms with Gasteiger partial charge in [-0.05, 0) is 75.2 Å². The van der Waals surface area contributed by atoms with Crippen molar-refractivity contribution in [2.45, 2.75) is 27.7 Å². The van der Waals surface area contributed by atoms with Gasteiger partial charge in [0.1, 0.15) is 17.2 Å². The number of amides is 2. The molecule has 0 unspecified atom stereocenters. The Hall–Kier alpha value is -4.59. The molecule has 3 aromatic rings. The van der Waals surface area contributed by atoms with Crippen molar-refractivity contribution >= 4 is 29.8 Å². The first-order valence-corrected chi connectivity index (χ1v) is 12.0. The van der Waals surface area contributed by atoms with Gasteiger partial charge in [0.15, 0.2) is 0 Å². The van der Waals surface area contributed by atoms with E-state index in [1.807, 2.05) is 24.3 Å². The van der Waals surface area contributed by atoms with Crippen molar-refractivity contribution in [2.75, 3.05) is 18.0 Å². The van der Waals surface area contributed by atoms with Crippen LogP contribution in [0.5, 0.6) is 11.5 Å². The zero-order chi connectivity index (χ0) is 26.9. The van der Waals surface area contributed by atoms with Gasteiger partial charge in [-0.15, -0.1) is 0 Å². The van der Waals surface area contributed by atoms with Gasteiger partial charge in [-0.25, -0.2) is 5.43 Å². The fourth-order valence-corrected chi connectivity index (χ4v) is 3.76. The average Bonchev–Trinajstić information content (AvgIpc) is 2.91. The molecular weight excluding hydrogens is 468 g/mol. The van der Waals surface area contributed by atoms with Gasteiger partial charge in [-0.1, -0.05) is 30.3 Å². The maximum Gasteiger partial charge on any atom is 0.287 e. The van der Waals surface area contributed by atoms with E-state index in [9.17, 15) is 19.8 Å². The molecule has 0 radical (unpaired) electrons. The van der Waals surface area contributed by atoms with Crippen LogP contribution in [0.15, 0.2) is 71.5 Å². The van der Waals surface area contributed by atoms with Crippen molar-refractivity contribution in [3.8, 4) is 11.5 Å². The van der Waals surface area contributed by atoms with Crippen molar-refractivity contribution in [2.24, 2.45) is 5.10 Å². The second-order valence-corrected chi connectivity index (χ2v) is 8.44. The Bertz CT molecular complexity index is 1310. The first kappa shape index (κ1) is 27.0. The minimum Gasteiger partial charge on any atom is -0.508 e. The molecule has 0 fully saturated rings. The number of aromatic hydroxyl groups is 2. The highest BCUT2D eigenvalue weighted by atomic mass is 16.3. The quantitative estimate of drug-likeness (QED) is 0.196. The molecule has 0 aromatic heterocycles. The molecule has 0 aliphatic heterocycles. The molecule has 0 aliphatic rings. The fraction of sp³-hybridized carbons (Fsp3) is 0.207. The van der Waals surface area contributed by atoms with Crippen molar-refractivity contribution < 1.29 is 19.8 Å². The van der Waals surface area contributed by atoms with Crippen molar-refractivity contribution in [1.82, 2.24) is 10.7 Å². The summed E-state index contributed by atoms with van der Waals surface area (Å²) in [6.45, 7) is 9.20. The number of phenolic OH excluding ortho intramolecular Hbond substituents is 2. The molecule has 8 nitrogen and oxygen atoms in total. The fourth-order valence-electron chi connectivity index (χ4n) is 3.76. The maximum absolute atomic E-state index is 13.0. The van der Waals surface area contributed by atoms with Gasteiger partial charge in [0, 0.05) is 35.5 Å². The molecule has 8 heteroatoms. The number of hydrogen-bond donors (Lipinski definition) is 4. The summed E-state index contributed by atoms with van der Waals surface area (Å²) < 4.78 is 0. The Balaban J connectivity index is 1.87.